The van der Waals surface area contributed by atoms with Crippen LogP contribution in [0.3, 0.4) is 0 Å². The van der Waals surface area contributed by atoms with Gasteiger partial charge in [-0.25, -0.2) is 0 Å². The number of hydrogen-bond acceptors (Lipinski definition) is 2. The predicted molar refractivity (Wildman–Crippen MR) is 180 cm³/mol. The third-order valence-corrected chi connectivity index (χ3v) is 13.9. The molecule has 0 bridgehead atoms. The number of nitro groups is 1. The lowest BCUT2D eigenvalue weighted by Crippen LogP contribution is -2.60. The molecule has 9 atom stereocenters. The Morgan fingerprint density at radius 3 is 2.39 bits per heavy atom. The molecule has 3 saturated carbocycles. The minimum absolute atomic E-state index is 0.0301. The summed E-state index contributed by atoms with van der Waals surface area (Å²) in [5.41, 5.74) is 5.74. The number of hydrogen-bond donors (Lipinski definition) is 0. The fourth-order valence-corrected chi connectivity index (χ4v) is 11.9. The van der Waals surface area contributed by atoms with Crippen molar-refractivity contribution in [2.75, 3.05) is 0 Å². The summed E-state index contributed by atoms with van der Waals surface area (Å²) < 4.78 is 2.50. The van der Waals surface area contributed by atoms with E-state index in [0.29, 0.717) is 23.2 Å². The van der Waals surface area contributed by atoms with Crippen molar-refractivity contribution in [1.82, 2.24) is 4.57 Å². The Morgan fingerprint density at radius 1 is 0.909 bits per heavy atom. The zero-order valence-corrected chi connectivity index (χ0v) is 27.8. The number of rotatable bonds is 8. The Bertz CT molecular complexity index is 1510. The van der Waals surface area contributed by atoms with Crippen molar-refractivity contribution in [3.05, 3.63) is 81.5 Å². The van der Waals surface area contributed by atoms with Gasteiger partial charge < -0.3 is 4.57 Å². The summed E-state index contributed by atoms with van der Waals surface area (Å²) in [6.45, 7) is 13.1. The van der Waals surface area contributed by atoms with Crippen LogP contribution in [0.25, 0.3) is 10.9 Å². The maximum atomic E-state index is 13.0. The minimum atomic E-state index is -0.442. The van der Waals surface area contributed by atoms with Crippen molar-refractivity contribution in [2.45, 2.75) is 111 Å². The third-order valence-electron chi connectivity index (χ3n) is 13.9. The van der Waals surface area contributed by atoms with Gasteiger partial charge in [0.05, 0.1) is 0 Å². The average molecular weight is 595 g/mol. The van der Waals surface area contributed by atoms with Crippen molar-refractivity contribution in [3.63, 3.8) is 0 Å². The average Bonchev–Trinajstić information content (AvgIpc) is 3.50. The van der Waals surface area contributed by atoms with Crippen LogP contribution in [0.4, 0.5) is 0 Å². The maximum absolute atomic E-state index is 13.0. The van der Waals surface area contributed by atoms with Crippen LogP contribution in [0.5, 0.6) is 0 Å². The van der Waals surface area contributed by atoms with Crippen LogP contribution in [0, 0.1) is 62.4 Å². The quantitative estimate of drug-likeness (QED) is 0.192. The predicted octanol–water partition coefficient (Wildman–Crippen LogP) is 9.98. The second-order valence-electron chi connectivity index (χ2n) is 16.5. The molecule has 0 spiro atoms. The fraction of sp³-hybridized carbons (Fsp3) is 0.650. The van der Waals surface area contributed by atoms with Crippen LogP contribution in [-0.2, 0) is 19.4 Å². The van der Waals surface area contributed by atoms with E-state index in [-0.39, 0.29) is 16.3 Å². The topological polar surface area (TPSA) is 48.1 Å². The van der Waals surface area contributed by atoms with Crippen LogP contribution >= 0.6 is 0 Å². The van der Waals surface area contributed by atoms with Gasteiger partial charge in [-0.2, -0.15) is 0 Å². The Hall–Kier alpha value is -2.62. The van der Waals surface area contributed by atoms with Gasteiger partial charge in [0.2, 0.25) is 6.04 Å². The fourth-order valence-electron chi connectivity index (χ4n) is 11.9. The van der Waals surface area contributed by atoms with E-state index in [0.717, 1.165) is 43.6 Å². The molecule has 4 aliphatic rings. The summed E-state index contributed by atoms with van der Waals surface area (Å²) in [6.07, 6.45) is 11.8. The second-order valence-corrected chi connectivity index (χ2v) is 16.5. The number of aromatic nitrogens is 1. The minimum Gasteiger partial charge on any atom is -0.340 e. The first kappa shape index (κ1) is 30.1. The highest BCUT2D eigenvalue weighted by atomic mass is 16.6. The Morgan fingerprint density at radius 2 is 1.64 bits per heavy atom. The summed E-state index contributed by atoms with van der Waals surface area (Å²) in [4.78, 5) is 13.2. The van der Waals surface area contributed by atoms with Gasteiger partial charge >= 0.3 is 0 Å². The first-order chi connectivity index (χ1) is 21.1. The highest BCUT2D eigenvalue weighted by Gasteiger charge is 2.65. The van der Waals surface area contributed by atoms with Crippen LogP contribution in [0.2, 0.25) is 0 Å². The van der Waals surface area contributed by atoms with Gasteiger partial charge in [0.15, 0.2) is 0 Å². The number of fused-ring (bicyclic) bond motifs is 8. The Kier molecular flexibility index (Phi) is 7.73. The third kappa shape index (κ3) is 4.76. The highest BCUT2D eigenvalue weighted by molar-refractivity contribution is 5.86. The van der Waals surface area contributed by atoms with Gasteiger partial charge in [0, 0.05) is 40.4 Å². The first-order valence-corrected chi connectivity index (χ1v) is 17.9. The molecule has 4 aliphatic carbocycles. The molecule has 0 amide bonds. The van der Waals surface area contributed by atoms with Gasteiger partial charge in [-0.3, -0.25) is 10.1 Å². The number of para-hydroxylation sites is 1. The molecule has 3 aromatic rings. The van der Waals surface area contributed by atoms with Crippen LogP contribution in [-0.4, -0.2) is 15.5 Å². The molecule has 0 aliphatic heterocycles. The normalized spacial score (nSPS) is 35.1. The van der Waals surface area contributed by atoms with E-state index in [1.165, 1.54) is 72.7 Å². The molecule has 4 heteroatoms. The van der Waals surface area contributed by atoms with Crippen molar-refractivity contribution in [2.24, 2.45) is 52.3 Å². The summed E-state index contributed by atoms with van der Waals surface area (Å²) >= 11 is 0. The van der Waals surface area contributed by atoms with Gasteiger partial charge in [-0.1, -0.05) is 102 Å². The van der Waals surface area contributed by atoms with Gasteiger partial charge in [-0.05, 0) is 102 Å². The molecule has 7 rings (SSSR count). The van der Waals surface area contributed by atoms with E-state index in [1.54, 1.807) is 0 Å². The Labute approximate surface area is 265 Å². The first-order valence-electron chi connectivity index (χ1n) is 17.9. The molecule has 2 aromatic carbocycles. The van der Waals surface area contributed by atoms with Gasteiger partial charge in [-0.15, -0.1) is 0 Å². The molecular weight excluding hydrogens is 540 g/mol. The van der Waals surface area contributed by atoms with Crippen LogP contribution in [0.15, 0.2) is 54.6 Å². The van der Waals surface area contributed by atoms with Crippen molar-refractivity contribution >= 4 is 10.9 Å². The van der Waals surface area contributed by atoms with E-state index in [4.69, 9.17) is 0 Å². The monoisotopic (exact) mass is 594 g/mol. The molecule has 0 N–H and O–H groups in total. The van der Waals surface area contributed by atoms with E-state index in [2.05, 4.69) is 93.8 Å². The van der Waals surface area contributed by atoms with Crippen LogP contribution in [0.1, 0.15) is 103 Å². The lowest BCUT2D eigenvalue weighted by molar-refractivity contribution is -0.546. The molecule has 0 radical (unpaired) electrons. The summed E-state index contributed by atoms with van der Waals surface area (Å²) in [6, 6.07) is 19.2. The smallest absolute Gasteiger partial charge is 0.217 e. The molecule has 1 aromatic heterocycles. The molecule has 0 saturated heterocycles. The van der Waals surface area contributed by atoms with Crippen LogP contribution < -0.4 is 0 Å². The van der Waals surface area contributed by atoms with E-state index >= 15 is 0 Å². The SMILES string of the molecule is CC(C)CCC[C@@H](C)[C@H]1CC[C@H]2[C@@H]3C[C@H]([N+](=O)[O-])[C@H]4Cc5c(c6ccccc6n5Cc5ccccc5)C[C@]4(C)[C@H]3CC[C@]12C. The summed E-state index contributed by atoms with van der Waals surface area (Å²) in [5.74, 6) is 4.11. The van der Waals surface area contributed by atoms with Crippen molar-refractivity contribution in [1.29, 1.82) is 0 Å². The molecule has 236 valence electrons. The van der Waals surface area contributed by atoms with E-state index in [9.17, 15) is 10.1 Å². The highest BCUT2D eigenvalue weighted by Crippen LogP contribution is 2.68. The molecule has 3 fully saturated rings. The second kappa shape index (κ2) is 11.3. The zero-order chi connectivity index (χ0) is 30.8. The zero-order valence-electron chi connectivity index (χ0n) is 27.8. The van der Waals surface area contributed by atoms with Crippen molar-refractivity contribution < 1.29 is 4.92 Å². The van der Waals surface area contributed by atoms with Gasteiger partial charge in [0.1, 0.15) is 0 Å². The van der Waals surface area contributed by atoms with Crippen molar-refractivity contribution in [3.8, 4) is 0 Å². The Balaban J connectivity index is 1.23. The van der Waals surface area contributed by atoms with E-state index < -0.39 is 6.04 Å². The summed E-state index contributed by atoms with van der Waals surface area (Å²) in [7, 11) is 0. The largest absolute Gasteiger partial charge is 0.340 e. The van der Waals surface area contributed by atoms with E-state index in [1.807, 2.05) is 0 Å². The molecule has 0 unspecified atom stereocenters. The molecular formula is C40H54N2O2. The summed E-state index contributed by atoms with van der Waals surface area (Å²) in [5, 5.41) is 14.4. The lowest BCUT2D eigenvalue weighted by Gasteiger charge is -2.60. The number of benzene rings is 2. The lowest BCUT2D eigenvalue weighted by atomic mass is 9.43. The standard InChI is InChI=1S/C40H54N2O2/c1-26(2)12-11-13-27(3)32-18-19-33-30-22-38(42(43)44)35-23-37-31(24-40(35,5)34(30)20-21-39(32,33)4)29-16-9-10-17-36(29)41(37)25-28-14-7-6-8-15-28/h6-10,14-17,26-27,30,32-35,38H,11-13,18-25H2,1-5H3/t27-,30+,32-,33+,34+,35-,38+,39-,40-/m1/s1. The maximum Gasteiger partial charge on any atom is 0.217 e. The molecule has 1 heterocycles. The molecule has 4 nitrogen and oxygen atoms in total. The van der Waals surface area contributed by atoms with Gasteiger partial charge in [0.25, 0.3) is 0 Å². The molecule has 44 heavy (non-hydrogen) atoms. The number of nitrogens with zero attached hydrogens (tertiary/aromatic N) is 2.